The Bertz CT molecular complexity index is 539. The average Bonchev–Trinajstić information content (AvgIpc) is 2.93. The zero-order chi connectivity index (χ0) is 14.7. The molecule has 0 spiro atoms. The Morgan fingerprint density at radius 2 is 1.90 bits per heavy atom. The molecule has 1 aromatic heterocycles. The van der Waals surface area contributed by atoms with Gasteiger partial charge in [-0.1, -0.05) is 6.07 Å². The highest BCUT2D eigenvalue weighted by atomic mass is 32.2. The first kappa shape index (κ1) is 15.8. The van der Waals surface area contributed by atoms with E-state index in [4.69, 9.17) is 0 Å². The molecule has 0 bridgehead atoms. The van der Waals surface area contributed by atoms with Gasteiger partial charge in [0.15, 0.2) is 0 Å². The van der Waals surface area contributed by atoms with E-state index in [0.717, 1.165) is 19.5 Å². The van der Waals surface area contributed by atoms with E-state index in [2.05, 4.69) is 4.90 Å². The molecule has 0 N–H and O–H groups in total. The lowest BCUT2D eigenvalue weighted by Gasteiger charge is -2.33. The number of hydrogen-bond acceptors (Lipinski definition) is 5. The minimum atomic E-state index is -3.28. The summed E-state index contributed by atoms with van der Waals surface area (Å²) < 4.78 is 27.4. The molecular weight excluding hydrogens is 324 g/mol. The van der Waals surface area contributed by atoms with Crippen LogP contribution in [0.25, 0.3) is 0 Å². The van der Waals surface area contributed by atoms with Crippen LogP contribution in [-0.4, -0.2) is 61.3 Å². The van der Waals surface area contributed by atoms with Gasteiger partial charge >= 0.3 is 0 Å². The molecule has 0 unspecified atom stereocenters. The number of thiophene rings is 1. The molecule has 0 atom stereocenters. The summed E-state index contributed by atoms with van der Waals surface area (Å²) >= 11 is 3.35. The molecule has 21 heavy (non-hydrogen) atoms. The second-order valence-electron chi connectivity index (χ2n) is 5.57. The maximum absolute atomic E-state index is 12.6. The normalized spacial score (nSPS) is 24.0. The molecule has 3 heterocycles. The smallest absolute Gasteiger partial charge is 0.252 e. The largest absolute Gasteiger partial charge is 0.299 e. The van der Waals surface area contributed by atoms with Crippen LogP contribution >= 0.6 is 23.1 Å². The lowest BCUT2D eigenvalue weighted by Crippen LogP contribution is -2.41. The number of nitrogens with zero attached hydrogens (tertiary/aromatic N) is 2. The fourth-order valence-electron chi connectivity index (χ4n) is 3.11. The minimum Gasteiger partial charge on any atom is -0.299 e. The van der Waals surface area contributed by atoms with Gasteiger partial charge in [0.25, 0.3) is 10.0 Å². The summed E-state index contributed by atoms with van der Waals surface area (Å²) in [5.74, 6) is 2.50. The van der Waals surface area contributed by atoms with E-state index < -0.39 is 10.0 Å². The van der Waals surface area contributed by atoms with Gasteiger partial charge < -0.3 is 0 Å². The van der Waals surface area contributed by atoms with Crippen molar-refractivity contribution in [3.8, 4) is 0 Å². The highest BCUT2D eigenvalue weighted by Gasteiger charge is 2.30. The van der Waals surface area contributed by atoms with Gasteiger partial charge in [-0.15, -0.1) is 11.3 Å². The second-order valence-corrected chi connectivity index (χ2v) is 9.91. The van der Waals surface area contributed by atoms with Crippen LogP contribution in [0.15, 0.2) is 21.7 Å². The summed E-state index contributed by atoms with van der Waals surface area (Å²) in [5, 5.41) is 1.83. The summed E-state index contributed by atoms with van der Waals surface area (Å²) in [6.45, 7) is 3.19. The van der Waals surface area contributed by atoms with Gasteiger partial charge in [-0.3, -0.25) is 4.90 Å². The van der Waals surface area contributed by atoms with E-state index in [-0.39, 0.29) is 0 Å². The van der Waals surface area contributed by atoms with Gasteiger partial charge in [-0.05, 0) is 48.8 Å². The van der Waals surface area contributed by atoms with Crippen LogP contribution in [0.5, 0.6) is 0 Å². The molecule has 2 fully saturated rings. The lowest BCUT2D eigenvalue weighted by molar-refractivity contribution is 0.195. The Morgan fingerprint density at radius 1 is 1.10 bits per heavy atom. The number of sulfonamides is 1. The van der Waals surface area contributed by atoms with Gasteiger partial charge in [0, 0.05) is 25.7 Å². The van der Waals surface area contributed by atoms with Gasteiger partial charge in [-0.2, -0.15) is 16.1 Å². The maximum atomic E-state index is 12.6. The van der Waals surface area contributed by atoms with Crippen molar-refractivity contribution in [2.24, 2.45) is 0 Å². The molecule has 0 saturated carbocycles. The van der Waals surface area contributed by atoms with E-state index in [1.807, 2.05) is 17.1 Å². The van der Waals surface area contributed by atoms with Crippen LogP contribution in [0.1, 0.15) is 19.3 Å². The molecule has 1 aromatic rings. The first-order valence-electron chi connectivity index (χ1n) is 7.53. The molecule has 7 heteroatoms. The molecule has 4 nitrogen and oxygen atoms in total. The first-order valence-corrected chi connectivity index (χ1v) is 11.0. The van der Waals surface area contributed by atoms with Gasteiger partial charge in [0.05, 0.1) is 0 Å². The topological polar surface area (TPSA) is 40.6 Å². The Labute approximate surface area is 135 Å². The number of thioether (sulfide) groups is 1. The molecule has 3 rings (SSSR count). The van der Waals surface area contributed by atoms with Crippen LogP contribution in [-0.2, 0) is 10.0 Å². The van der Waals surface area contributed by atoms with Gasteiger partial charge in [-0.25, -0.2) is 8.42 Å². The van der Waals surface area contributed by atoms with Crippen molar-refractivity contribution in [2.45, 2.75) is 29.5 Å². The lowest BCUT2D eigenvalue weighted by atomic mass is 10.1. The summed E-state index contributed by atoms with van der Waals surface area (Å²) in [6, 6.07) is 4.18. The highest BCUT2D eigenvalue weighted by molar-refractivity contribution is 7.99. The van der Waals surface area contributed by atoms with Crippen molar-refractivity contribution >= 4 is 33.1 Å². The zero-order valence-corrected chi connectivity index (χ0v) is 14.6. The Hall–Kier alpha value is -0.0800. The molecule has 0 aromatic carbocycles. The summed E-state index contributed by atoms with van der Waals surface area (Å²) in [4.78, 5) is 2.52. The van der Waals surface area contributed by atoms with Gasteiger partial charge in [0.2, 0.25) is 0 Å². The van der Waals surface area contributed by atoms with Gasteiger partial charge in [0.1, 0.15) is 4.21 Å². The van der Waals surface area contributed by atoms with E-state index in [1.165, 1.54) is 35.7 Å². The molecule has 0 amide bonds. The van der Waals surface area contributed by atoms with Crippen LogP contribution in [0.4, 0.5) is 0 Å². The van der Waals surface area contributed by atoms with Crippen molar-refractivity contribution in [1.82, 2.24) is 9.21 Å². The number of rotatable bonds is 3. The predicted octanol–water partition coefficient (Wildman–Crippen LogP) is 2.34. The number of hydrogen-bond donors (Lipinski definition) is 0. The van der Waals surface area contributed by atoms with E-state index >= 15 is 0 Å². The van der Waals surface area contributed by atoms with Crippen molar-refractivity contribution < 1.29 is 8.42 Å². The van der Waals surface area contributed by atoms with Crippen molar-refractivity contribution in [3.05, 3.63) is 17.5 Å². The third kappa shape index (κ3) is 3.64. The molecule has 0 aliphatic carbocycles. The van der Waals surface area contributed by atoms with Crippen molar-refractivity contribution in [3.63, 3.8) is 0 Å². The minimum absolute atomic E-state index is 0.477. The SMILES string of the molecule is O=S(=O)(c1cccs1)N1CCCN(C2CCSCC2)CC1. The molecule has 118 valence electrons. The molecule has 2 aliphatic rings. The van der Waals surface area contributed by atoms with E-state index in [9.17, 15) is 8.42 Å². The standard InChI is InChI=1S/C14H22N2O2S3/c17-21(18,14-3-1-10-20-14)16-7-2-6-15(8-9-16)13-4-11-19-12-5-13/h1,3,10,13H,2,4-9,11-12H2. The third-order valence-electron chi connectivity index (χ3n) is 4.29. The Kier molecular flexibility index (Phi) is 5.27. The maximum Gasteiger partial charge on any atom is 0.252 e. The summed E-state index contributed by atoms with van der Waals surface area (Å²) in [6.07, 6.45) is 3.44. The summed E-state index contributed by atoms with van der Waals surface area (Å²) in [7, 11) is -3.28. The highest BCUT2D eigenvalue weighted by Crippen LogP contribution is 2.25. The van der Waals surface area contributed by atoms with Crippen LogP contribution < -0.4 is 0 Å². The van der Waals surface area contributed by atoms with Crippen molar-refractivity contribution in [2.75, 3.05) is 37.7 Å². The van der Waals surface area contributed by atoms with Crippen LogP contribution in [0.3, 0.4) is 0 Å². The van der Waals surface area contributed by atoms with Crippen molar-refractivity contribution in [1.29, 1.82) is 0 Å². The second kappa shape index (κ2) is 7.00. The fraction of sp³-hybridized carbons (Fsp3) is 0.714. The van der Waals surface area contributed by atoms with Crippen LogP contribution in [0.2, 0.25) is 0 Å². The first-order chi connectivity index (χ1) is 10.2. The monoisotopic (exact) mass is 346 g/mol. The fourth-order valence-corrected chi connectivity index (χ4v) is 6.80. The predicted molar refractivity (Wildman–Crippen MR) is 89.6 cm³/mol. The molecule has 2 saturated heterocycles. The average molecular weight is 347 g/mol. The third-order valence-corrected chi connectivity index (χ3v) is 8.61. The molecule has 0 radical (unpaired) electrons. The molecular formula is C14H22N2O2S3. The van der Waals surface area contributed by atoms with Crippen LogP contribution in [0, 0.1) is 0 Å². The zero-order valence-electron chi connectivity index (χ0n) is 12.1. The molecule has 2 aliphatic heterocycles. The Balaban J connectivity index is 1.65. The van der Waals surface area contributed by atoms with E-state index in [0.29, 0.717) is 23.3 Å². The quantitative estimate of drug-likeness (QED) is 0.842. The Morgan fingerprint density at radius 3 is 2.62 bits per heavy atom. The van der Waals surface area contributed by atoms with E-state index in [1.54, 1.807) is 16.4 Å². The summed E-state index contributed by atoms with van der Waals surface area (Å²) in [5.41, 5.74) is 0.